The van der Waals surface area contributed by atoms with Gasteiger partial charge >= 0.3 is 0 Å². The predicted molar refractivity (Wildman–Crippen MR) is 71.8 cm³/mol. The minimum absolute atomic E-state index is 0.327. The summed E-state index contributed by atoms with van der Waals surface area (Å²) in [5, 5.41) is 11.0. The monoisotopic (exact) mass is 276 g/mol. The van der Waals surface area contributed by atoms with Gasteiger partial charge in [-0.05, 0) is 30.4 Å². The van der Waals surface area contributed by atoms with Gasteiger partial charge in [-0.15, -0.1) is 0 Å². The third-order valence-corrected chi connectivity index (χ3v) is 3.47. The summed E-state index contributed by atoms with van der Waals surface area (Å²) >= 11 is 12.0. The SMILES string of the molecule is COCC(C)CC(O)Cc1cccc(Cl)c1Cl. The Morgan fingerprint density at radius 1 is 1.35 bits per heavy atom. The molecule has 1 aromatic carbocycles. The van der Waals surface area contributed by atoms with Gasteiger partial charge in [-0.25, -0.2) is 0 Å². The Balaban J connectivity index is 2.56. The normalized spacial score (nSPS) is 14.6. The van der Waals surface area contributed by atoms with Crippen molar-refractivity contribution < 1.29 is 9.84 Å². The molecule has 1 rings (SSSR count). The molecule has 1 aromatic rings. The molecule has 0 aromatic heterocycles. The fourth-order valence-electron chi connectivity index (χ4n) is 1.86. The van der Waals surface area contributed by atoms with Crippen LogP contribution in [0.15, 0.2) is 18.2 Å². The fraction of sp³-hybridized carbons (Fsp3) is 0.538. The maximum absolute atomic E-state index is 9.96. The Morgan fingerprint density at radius 3 is 2.71 bits per heavy atom. The van der Waals surface area contributed by atoms with Crippen LogP contribution in [0.5, 0.6) is 0 Å². The Kier molecular flexibility index (Phi) is 6.28. The van der Waals surface area contributed by atoms with Crippen molar-refractivity contribution in [3.63, 3.8) is 0 Å². The summed E-state index contributed by atoms with van der Waals surface area (Å²) < 4.78 is 5.04. The summed E-state index contributed by atoms with van der Waals surface area (Å²) in [5.41, 5.74) is 0.885. The zero-order chi connectivity index (χ0) is 12.8. The highest BCUT2D eigenvalue weighted by Crippen LogP contribution is 2.27. The molecule has 17 heavy (non-hydrogen) atoms. The van der Waals surface area contributed by atoms with Gasteiger partial charge in [0.15, 0.2) is 0 Å². The van der Waals surface area contributed by atoms with Gasteiger partial charge in [0.2, 0.25) is 0 Å². The van der Waals surface area contributed by atoms with E-state index in [1.165, 1.54) is 0 Å². The Bertz CT molecular complexity index is 355. The lowest BCUT2D eigenvalue weighted by Gasteiger charge is -2.16. The first-order chi connectivity index (χ1) is 8.04. The quantitative estimate of drug-likeness (QED) is 0.861. The lowest BCUT2D eigenvalue weighted by atomic mass is 9.99. The zero-order valence-corrected chi connectivity index (χ0v) is 11.6. The molecule has 4 heteroatoms. The maximum Gasteiger partial charge on any atom is 0.0625 e. The number of ether oxygens (including phenoxy) is 1. The molecule has 0 saturated carbocycles. The van der Waals surface area contributed by atoms with Crippen molar-refractivity contribution in [2.75, 3.05) is 13.7 Å². The van der Waals surface area contributed by atoms with Crippen molar-refractivity contribution in [3.05, 3.63) is 33.8 Å². The summed E-state index contributed by atoms with van der Waals surface area (Å²) in [7, 11) is 1.66. The molecule has 1 N–H and O–H groups in total. The molecule has 0 heterocycles. The molecule has 0 amide bonds. The molecule has 0 spiro atoms. The molecule has 0 aliphatic rings. The van der Waals surface area contributed by atoms with Crippen molar-refractivity contribution in [1.29, 1.82) is 0 Å². The summed E-state index contributed by atoms with van der Waals surface area (Å²) in [6, 6.07) is 5.47. The molecule has 0 saturated heterocycles. The zero-order valence-electron chi connectivity index (χ0n) is 10.1. The average Bonchev–Trinajstić information content (AvgIpc) is 2.25. The van der Waals surface area contributed by atoms with E-state index in [0.717, 1.165) is 5.56 Å². The lowest BCUT2D eigenvalue weighted by molar-refractivity contribution is 0.102. The van der Waals surface area contributed by atoms with Crippen LogP contribution in [-0.2, 0) is 11.2 Å². The van der Waals surface area contributed by atoms with Crippen LogP contribution in [-0.4, -0.2) is 24.9 Å². The summed E-state index contributed by atoms with van der Waals surface area (Å²) in [4.78, 5) is 0. The molecule has 2 atom stereocenters. The standard InChI is InChI=1S/C13H18Cl2O2/c1-9(8-17-2)6-11(16)7-10-4-3-5-12(14)13(10)15/h3-5,9,11,16H,6-8H2,1-2H3. The molecule has 0 aliphatic heterocycles. The third kappa shape index (κ3) is 4.84. The van der Waals surface area contributed by atoms with Gasteiger partial charge < -0.3 is 9.84 Å². The second-order valence-corrected chi connectivity index (χ2v) is 5.15. The Morgan fingerprint density at radius 2 is 2.06 bits per heavy atom. The molecule has 0 fully saturated rings. The second-order valence-electron chi connectivity index (χ2n) is 4.37. The first-order valence-corrected chi connectivity index (χ1v) is 6.40. The summed E-state index contributed by atoms with van der Waals surface area (Å²) in [6.45, 7) is 2.70. The molecule has 0 radical (unpaired) electrons. The summed E-state index contributed by atoms with van der Waals surface area (Å²) in [6.07, 6.45) is 0.792. The number of aliphatic hydroxyl groups is 1. The first-order valence-electron chi connectivity index (χ1n) is 5.64. The van der Waals surface area contributed by atoms with Gasteiger partial charge in [-0.2, -0.15) is 0 Å². The number of benzene rings is 1. The van der Waals surface area contributed by atoms with Gasteiger partial charge in [0, 0.05) is 13.7 Å². The van der Waals surface area contributed by atoms with E-state index in [2.05, 4.69) is 0 Å². The van der Waals surface area contributed by atoms with E-state index in [-0.39, 0.29) is 0 Å². The van der Waals surface area contributed by atoms with Crippen molar-refractivity contribution in [1.82, 2.24) is 0 Å². The third-order valence-electron chi connectivity index (χ3n) is 2.61. The van der Waals surface area contributed by atoms with E-state index in [0.29, 0.717) is 35.4 Å². The number of hydrogen-bond donors (Lipinski definition) is 1. The van der Waals surface area contributed by atoms with Crippen LogP contribution >= 0.6 is 23.2 Å². The Hall–Kier alpha value is -0.280. The van der Waals surface area contributed by atoms with Gasteiger partial charge in [0.05, 0.1) is 16.1 Å². The van der Waals surface area contributed by atoms with E-state index in [1.807, 2.05) is 19.1 Å². The first kappa shape index (κ1) is 14.8. The predicted octanol–water partition coefficient (Wildman–Crippen LogP) is 3.57. The molecule has 96 valence electrons. The van der Waals surface area contributed by atoms with Crippen LogP contribution < -0.4 is 0 Å². The number of halogens is 2. The van der Waals surface area contributed by atoms with E-state index < -0.39 is 6.10 Å². The van der Waals surface area contributed by atoms with E-state index in [1.54, 1.807) is 13.2 Å². The highest BCUT2D eigenvalue weighted by Gasteiger charge is 2.13. The van der Waals surface area contributed by atoms with Gasteiger partial charge in [-0.1, -0.05) is 42.3 Å². The minimum Gasteiger partial charge on any atom is -0.393 e. The molecule has 0 aliphatic carbocycles. The van der Waals surface area contributed by atoms with Gasteiger partial charge in [0.25, 0.3) is 0 Å². The fourth-order valence-corrected chi connectivity index (χ4v) is 2.26. The Labute approximate surface area is 113 Å². The summed E-state index contributed by atoms with van der Waals surface area (Å²) in [5.74, 6) is 0.327. The molecule has 0 bridgehead atoms. The maximum atomic E-state index is 9.96. The average molecular weight is 277 g/mol. The van der Waals surface area contributed by atoms with E-state index in [9.17, 15) is 5.11 Å². The number of methoxy groups -OCH3 is 1. The van der Waals surface area contributed by atoms with Crippen LogP contribution in [0.3, 0.4) is 0 Å². The van der Waals surface area contributed by atoms with Crippen molar-refractivity contribution in [2.24, 2.45) is 5.92 Å². The smallest absolute Gasteiger partial charge is 0.0625 e. The highest BCUT2D eigenvalue weighted by molar-refractivity contribution is 6.42. The van der Waals surface area contributed by atoms with E-state index >= 15 is 0 Å². The number of hydrogen-bond acceptors (Lipinski definition) is 2. The topological polar surface area (TPSA) is 29.5 Å². The van der Waals surface area contributed by atoms with Crippen molar-refractivity contribution in [2.45, 2.75) is 25.9 Å². The molecular weight excluding hydrogens is 259 g/mol. The van der Waals surface area contributed by atoms with E-state index in [4.69, 9.17) is 27.9 Å². The molecular formula is C13H18Cl2O2. The number of rotatable bonds is 6. The van der Waals surface area contributed by atoms with Crippen molar-refractivity contribution in [3.8, 4) is 0 Å². The van der Waals surface area contributed by atoms with Crippen LogP contribution in [0.2, 0.25) is 10.0 Å². The number of aliphatic hydroxyl groups excluding tert-OH is 1. The van der Waals surface area contributed by atoms with Crippen molar-refractivity contribution >= 4 is 23.2 Å². The van der Waals surface area contributed by atoms with Crippen LogP contribution in [0, 0.1) is 5.92 Å². The van der Waals surface area contributed by atoms with Crippen LogP contribution in [0.25, 0.3) is 0 Å². The molecule has 2 nitrogen and oxygen atoms in total. The van der Waals surface area contributed by atoms with Crippen LogP contribution in [0.1, 0.15) is 18.9 Å². The largest absolute Gasteiger partial charge is 0.393 e. The highest BCUT2D eigenvalue weighted by atomic mass is 35.5. The second kappa shape index (κ2) is 7.22. The molecule has 2 unspecified atom stereocenters. The minimum atomic E-state index is -0.420. The van der Waals surface area contributed by atoms with Gasteiger partial charge in [-0.3, -0.25) is 0 Å². The van der Waals surface area contributed by atoms with Gasteiger partial charge in [0.1, 0.15) is 0 Å². The van der Waals surface area contributed by atoms with Crippen LogP contribution in [0.4, 0.5) is 0 Å². The lowest BCUT2D eigenvalue weighted by Crippen LogP contribution is -2.17.